The van der Waals surface area contributed by atoms with Gasteiger partial charge in [-0.2, -0.15) is 0 Å². The average molecular weight is 1060 g/mol. The van der Waals surface area contributed by atoms with Gasteiger partial charge in [-0.25, -0.2) is 0 Å². The summed E-state index contributed by atoms with van der Waals surface area (Å²) in [4.78, 5) is 38.4. The molecule has 6 nitrogen and oxygen atoms in total. The maximum atomic E-state index is 12.9. The van der Waals surface area contributed by atoms with Gasteiger partial charge in [0.25, 0.3) is 0 Å². The van der Waals surface area contributed by atoms with Crippen LogP contribution in [-0.4, -0.2) is 37.2 Å². The maximum Gasteiger partial charge on any atom is 0.306 e. The van der Waals surface area contributed by atoms with Gasteiger partial charge in [-0.1, -0.05) is 292 Å². The maximum absolute atomic E-state index is 12.9. The summed E-state index contributed by atoms with van der Waals surface area (Å²) in [6.07, 6.45) is 84.4. The van der Waals surface area contributed by atoms with E-state index in [0.717, 1.165) is 103 Å². The first-order chi connectivity index (χ1) is 37.5. The second kappa shape index (κ2) is 64.1. The Morgan fingerprint density at radius 2 is 0.513 bits per heavy atom. The molecule has 0 heterocycles. The largest absolute Gasteiger partial charge is 0.462 e. The SMILES string of the molecule is CC/C=C\C/C=C\C/C=C\C/C=C\C/C=C\CCCCCCCCCC(=O)OCC(COC(=O)CCCCCCCCCCCCCCCC)OC(=O)CCCCCCCCCCC/C=C\C/C=C\CCCCCCC. The molecule has 0 saturated heterocycles. The van der Waals surface area contributed by atoms with E-state index in [0.29, 0.717) is 19.3 Å². The van der Waals surface area contributed by atoms with Gasteiger partial charge in [0.05, 0.1) is 0 Å². The minimum absolute atomic E-state index is 0.0789. The van der Waals surface area contributed by atoms with Crippen LogP contribution in [0.2, 0.25) is 0 Å². The Bertz CT molecular complexity index is 1450. The Morgan fingerprint density at radius 3 is 0.803 bits per heavy atom. The molecule has 438 valence electrons. The Kier molecular flexibility index (Phi) is 61.2. The zero-order valence-electron chi connectivity index (χ0n) is 50.3. The van der Waals surface area contributed by atoms with Gasteiger partial charge in [-0.3, -0.25) is 14.4 Å². The molecule has 76 heavy (non-hydrogen) atoms. The predicted molar refractivity (Wildman–Crippen MR) is 330 cm³/mol. The smallest absolute Gasteiger partial charge is 0.306 e. The number of esters is 3. The number of unbranched alkanes of at least 4 members (excludes halogenated alkanes) is 34. The van der Waals surface area contributed by atoms with E-state index in [4.69, 9.17) is 14.2 Å². The third kappa shape index (κ3) is 61.4. The molecule has 1 unspecified atom stereocenters. The number of rotatable bonds is 59. The highest BCUT2D eigenvalue weighted by atomic mass is 16.6. The van der Waals surface area contributed by atoms with Gasteiger partial charge >= 0.3 is 17.9 Å². The Hall–Kier alpha value is -3.41. The summed E-state index contributed by atoms with van der Waals surface area (Å²) in [5.74, 6) is -0.880. The lowest BCUT2D eigenvalue weighted by Crippen LogP contribution is -2.30. The van der Waals surface area contributed by atoms with E-state index in [2.05, 4.69) is 106 Å². The average Bonchev–Trinajstić information content (AvgIpc) is 3.42. The van der Waals surface area contributed by atoms with Crippen molar-refractivity contribution < 1.29 is 28.6 Å². The molecule has 0 spiro atoms. The molecule has 1 atom stereocenters. The van der Waals surface area contributed by atoms with Crippen molar-refractivity contribution in [1.29, 1.82) is 0 Å². The van der Waals surface area contributed by atoms with Crippen LogP contribution in [0.4, 0.5) is 0 Å². The number of allylic oxidation sites excluding steroid dienone is 14. The zero-order chi connectivity index (χ0) is 55.0. The molecule has 0 aliphatic carbocycles. The summed E-state index contributed by atoms with van der Waals surface area (Å²) in [5.41, 5.74) is 0. The molecule has 0 amide bonds. The third-order valence-corrected chi connectivity index (χ3v) is 14.1. The first-order valence-corrected chi connectivity index (χ1v) is 32.6. The molecule has 0 radical (unpaired) electrons. The van der Waals surface area contributed by atoms with Crippen LogP contribution >= 0.6 is 0 Å². The summed E-state index contributed by atoms with van der Waals surface area (Å²) in [5, 5.41) is 0. The minimum Gasteiger partial charge on any atom is -0.462 e. The normalized spacial score (nSPS) is 12.6. The number of hydrogen-bond acceptors (Lipinski definition) is 6. The van der Waals surface area contributed by atoms with Crippen molar-refractivity contribution in [2.45, 2.75) is 329 Å². The van der Waals surface area contributed by atoms with E-state index in [1.165, 1.54) is 180 Å². The highest BCUT2D eigenvalue weighted by Crippen LogP contribution is 2.16. The van der Waals surface area contributed by atoms with Gasteiger partial charge < -0.3 is 14.2 Å². The van der Waals surface area contributed by atoms with Crippen LogP contribution in [0.3, 0.4) is 0 Å². The third-order valence-electron chi connectivity index (χ3n) is 14.1. The van der Waals surface area contributed by atoms with Gasteiger partial charge in [-0.15, -0.1) is 0 Å². The number of hydrogen-bond donors (Lipinski definition) is 0. The van der Waals surface area contributed by atoms with E-state index in [-0.39, 0.29) is 31.1 Å². The van der Waals surface area contributed by atoms with E-state index in [1.54, 1.807) is 0 Å². The van der Waals surface area contributed by atoms with Gasteiger partial charge in [0.15, 0.2) is 6.10 Å². The number of ether oxygens (including phenoxy) is 3. The van der Waals surface area contributed by atoms with Crippen molar-refractivity contribution in [2.75, 3.05) is 13.2 Å². The number of carbonyl (C=O) groups excluding carboxylic acids is 3. The molecule has 0 bridgehead atoms. The molecular formula is C70H122O6. The molecule has 0 aromatic heterocycles. The fourth-order valence-corrected chi connectivity index (χ4v) is 9.27. The van der Waals surface area contributed by atoms with Gasteiger partial charge in [0.1, 0.15) is 13.2 Å². The van der Waals surface area contributed by atoms with Crippen LogP contribution in [0.15, 0.2) is 85.1 Å². The van der Waals surface area contributed by atoms with E-state index in [1.807, 2.05) is 0 Å². The lowest BCUT2D eigenvalue weighted by Gasteiger charge is -2.18. The minimum atomic E-state index is -0.784. The van der Waals surface area contributed by atoms with E-state index >= 15 is 0 Å². The second-order valence-electron chi connectivity index (χ2n) is 21.6. The topological polar surface area (TPSA) is 78.9 Å². The molecule has 0 N–H and O–H groups in total. The highest BCUT2D eigenvalue weighted by Gasteiger charge is 2.19. The van der Waals surface area contributed by atoms with Crippen molar-refractivity contribution >= 4 is 17.9 Å². The molecule has 0 aliphatic heterocycles. The standard InChI is InChI=1S/C70H122O6/c1-4-7-10-13-16-19-22-25-28-30-32-34-35-37-38-40-42-45-48-51-54-57-60-63-69(72)75-66-67(65-74-68(71)62-59-56-53-50-47-44-27-24-21-18-15-12-9-6-3)76-70(73)64-61-58-55-52-49-46-43-41-39-36-33-31-29-26-23-20-17-14-11-8-5-2/h7,10,16,19,23,25-26,28,31-34,37-38,67H,4-6,8-9,11-15,17-18,20-22,24,27,29-30,35-36,39-66H2,1-3H3/b10-7-,19-16-,26-23-,28-25-,33-31-,34-32-,38-37-. The Balaban J connectivity index is 4.37. The van der Waals surface area contributed by atoms with Gasteiger partial charge in [0, 0.05) is 19.3 Å². The predicted octanol–water partition coefficient (Wildman–Crippen LogP) is 22.3. The molecule has 0 saturated carbocycles. The lowest BCUT2D eigenvalue weighted by atomic mass is 10.0. The number of carbonyl (C=O) groups is 3. The molecule has 0 rings (SSSR count). The van der Waals surface area contributed by atoms with E-state index < -0.39 is 6.10 Å². The van der Waals surface area contributed by atoms with Crippen LogP contribution < -0.4 is 0 Å². The van der Waals surface area contributed by atoms with Crippen LogP contribution in [0, 0.1) is 0 Å². The lowest BCUT2D eigenvalue weighted by molar-refractivity contribution is -0.167. The highest BCUT2D eigenvalue weighted by molar-refractivity contribution is 5.71. The van der Waals surface area contributed by atoms with Crippen molar-refractivity contribution in [2.24, 2.45) is 0 Å². The molecule has 0 aromatic rings. The first kappa shape index (κ1) is 72.6. The molecule has 6 heteroatoms. The Labute approximate surface area is 471 Å². The molecular weight excluding hydrogens is 937 g/mol. The monoisotopic (exact) mass is 1060 g/mol. The van der Waals surface area contributed by atoms with Crippen molar-refractivity contribution in [3.05, 3.63) is 85.1 Å². The zero-order valence-corrected chi connectivity index (χ0v) is 50.3. The van der Waals surface area contributed by atoms with Crippen LogP contribution in [0.25, 0.3) is 0 Å². The van der Waals surface area contributed by atoms with Crippen molar-refractivity contribution in [1.82, 2.24) is 0 Å². The van der Waals surface area contributed by atoms with Crippen molar-refractivity contribution in [3.8, 4) is 0 Å². The summed E-state index contributed by atoms with van der Waals surface area (Å²) in [7, 11) is 0. The van der Waals surface area contributed by atoms with Crippen LogP contribution in [0.5, 0.6) is 0 Å². The fraction of sp³-hybridized carbons (Fsp3) is 0.757. The fourth-order valence-electron chi connectivity index (χ4n) is 9.27. The van der Waals surface area contributed by atoms with Gasteiger partial charge in [-0.05, 0) is 96.3 Å². The van der Waals surface area contributed by atoms with Crippen LogP contribution in [-0.2, 0) is 28.6 Å². The quantitative estimate of drug-likeness (QED) is 0.0261. The first-order valence-electron chi connectivity index (χ1n) is 32.6. The second-order valence-corrected chi connectivity index (χ2v) is 21.6. The molecule has 0 fully saturated rings. The van der Waals surface area contributed by atoms with Crippen molar-refractivity contribution in [3.63, 3.8) is 0 Å². The summed E-state index contributed by atoms with van der Waals surface area (Å²) >= 11 is 0. The summed E-state index contributed by atoms with van der Waals surface area (Å²) in [6.45, 7) is 6.54. The summed E-state index contributed by atoms with van der Waals surface area (Å²) in [6, 6.07) is 0. The summed E-state index contributed by atoms with van der Waals surface area (Å²) < 4.78 is 16.9. The van der Waals surface area contributed by atoms with E-state index in [9.17, 15) is 14.4 Å². The van der Waals surface area contributed by atoms with Crippen LogP contribution in [0.1, 0.15) is 323 Å². The van der Waals surface area contributed by atoms with Gasteiger partial charge in [0.2, 0.25) is 0 Å². The molecule has 0 aliphatic rings. The molecule has 0 aromatic carbocycles. The Morgan fingerprint density at radius 1 is 0.276 bits per heavy atom.